The van der Waals surface area contributed by atoms with Crippen molar-refractivity contribution in [2.75, 3.05) is 0 Å². The average molecular weight is 387 g/mol. The third-order valence-corrected chi connectivity index (χ3v) is 6.15. The predicted molar refractivity (Wildman–Crippen MR) is 130 cm³/mol. The first kappa shape index (κ1) is 17.3. The zero-order chi connectivity index (χ0) is 20.5. The molecule has 0 atom stereocenters. The zero-order valence-electron chi connectivity index (χ0n) is 17.4. The topological polar surface area (TPSA) is 33.6 Å². The Morgan fingerprint density at radius 3 is 2.47 bits per heavy atom. The smallest absolute Gasteiger partial charge is 0.146 e. The monoisotopic (exact) mass is 387 g/mol. The van der Waals surface area contributed by atoms with Gasteiger partial charge in [0.15, 0.2) is 0 Å². The van der Waals surface area contributed by atoms with Crippen LogP contribution in [0, 0.1) is 0 Å². The number of pyridine rings is 1. The summed E-state index contributed by atoms with van der Waals surface area (Å²) in [7, 11) is 2.25. The molecule has 0 spiro atoms. The van der Waals surface area contributed by atoms with Crippen LogP contribution in [-0.2, 0) is 5.31 Å². The van der Waals surface area contributed by atoms with Gasteiger partial charge < -0.3 is 4.98 Å². The lowest BCUT2D eigenvalue weighted by molar-refractivity contribution is 0.765. The number of nitrogens with one attached hydrogen (secondary N) is 1. The van der Waals surface area contributed by atoms with E-state index in [-0.39, 0.29) is 5.31 Å². The second kappa shape index (κ2) is 5.99. The van der Waals surface area contributed by atoms with Crippen molar-refractivity contribution >= 4 is 51.5 Å². The molecule has 144 valence electrons. The first-order chi connectivity index (χ1) is 14.5. The normalized spacial score (nSPS) is 12.5. The Balaban J connectivity index is 1.75. The quantitative estimate of drug-likeness (QED) is 0.381. The Kier molecular flexibility index (Phi) is 3.46. The van der Waals surface area contributed by atoms with E-state index in [0.29, 0.717) is 0 Å². The van der Waals surface area contributed by atoms with E-state index >= 15 is 0 Å². The van der Waals surface area contributed by atoms with Crippen molar-refractivity contribution < 1.29 is 0 Å². The van der Waals surface area contributed by atoms with Gasteiger partial charge in [-0.3, -0.25) is 4.57 Å². The molecular formula is C26H22BN3. The summed E-state index contributed by atoms with van der Waals surface area (Å²) in [6, 6.07) is 26.0. The van der Waals surface area contributed by atoms with Gasteiger partial charge >= 0.3 is 0 Å². The Labute approximate surface area is 175 Å². The van der Waals surface area contributed by atoms with Gasteiger partial charge in [-0.15, -0.1) is 0 Å². The number of benzene rings is 3. The van der Waals surface area contributed by atoms with Crippen LogP contribution < -0.4 is 0 Å². The van der Waals surface area contributed by atoms with Gasteiger partial charge in [0.2, 0.25) is 0 Å². The van der Waals surface area contributed by atoms with Crippen LogP contribution in [0.4, 0.5) is 0 Å². The van der Waals surface area contributed by atoms with Gasteiger partial charge in [-0.05, 0) is 34.5 Å². The number of hydrogen-bond acceptors (Lipinski definition) is 1. The molecule has 0 radical (unpaired) electrons. The van der Waals surface area contributed by atoms with E-state index < -0.39 is 0 Å². The Hall–Kier alpha value is -3.53. The van der Waals surface area contributed by atoms with Gasteiger partial charge in [-0.25, -0.2) is 4.98 Å². The second-order valence-electron chi connectivity index (χ2n) is 9.07. The molecular weight excluding hydrogens is 365 g/mol. The van der Waals surface area contributed by atoms with Gasteiger partial charge in [0.05, 0.1) is 5.52 Å². The predicted octanol–water partition coefficient (Wildman–Crippen LogP) is 5.68. The summed E-state index contributed by atoms with van der Waals surface area (Å²) in [6.07, 6.45) is 1.92. The minimum atomic E-state index is 0.113. The molecule has 4 heteroatoms. The van der Waals surface area contributed by atoms with Crippen molar-refractivity contribution in [3.8, 4) is 5.82 Å². The van der Waals surface area contributed by atoms with E-state index in [1.165, 1.54) is 32.6 Å². The molecule has 30 heavy (non-hydrogen) atoms. The van der Waals surface area contributed by atoms with Crippen LogP contribution in [0.5, 0.6) is 0 Å². The van der Waals surface area contributed by atoms with E-state index in [4.69, 9.17) is 4.98 Å². The largest absolute Gasteiger partial charge is 0.340 e. The zero-order valence-corrected chi connectivity index (χ0v) is 17.4. The lowest BCUT2D eigenvalue weighted by Crippen LogP contribution is -2.16. The van der Waals surface area contributed by atoms with E-state index in [1.54, 1.807) is 0 Å². The van der Waals surface area contributed by atoms with Crippen LogP contribution in [0.25, 0.3) is 49.4 Å². The van der Waals surface area contributed by atoms with Crippen LogP contribution in [0.1, 0.15) is 19.4 Å². The first-order valence-electron chi connectivity index (χ1n) is 10.4. The number of nitrogens with zero attached hydrogens (tertiary/aromatic N) is 2. The Bertz CT molecular complexity index is 1580. The van der Waals surface area contributed by atoms with E-state index in [9.17, 15) is 0 Å². The molecule has 1 N–H and O–H groups in total. The molecule has 0 saturated carbocycles. The summed E-state index contributed by atoms with van der Waals surface area (Å²) >= 11 is 0. The highest BCUT2D eigenvalue weighted by Crippen LogP contribution is 2.38. The van der Waals surface area contributed by atoms with Crippen LogP contribution in [0.3, 0.4) is 0 Å². The number of para-hydroxylation sites is 2. The fourth-order valence-electron chi connectivity index (χ4n) is 4.60. The maximum Gasteiger partial charge on any atom is 0.146 e. The molecule has 3 nitrogen and oxygen atoms in total. The summed E-state index contributed by atoms with van der Waals surface area (Å²) < 4.78 is 2.28. The highest BCUT2D eigenvalue weighted by Gasteiger charge is 2.20. The van der Waals surface area contributed by atoms with Gasteiger partial charge in [-0.1, -0.05) is 68.4 Å². The van der Waals surface area contributed by atoms with Gasteiger partial charge in [0.1, 0.15) is 19.3 Å². The van der Waals surface area contributed by atoms with E-state index in [1.807, 2.05) is 6.20 Å². The Morgan fingerprint density at radius 1 is 0.867 bits per heavy atom. The van der Waals surface area contributed by atoms with Gasteiger partial charge in [-0.2, -0.15) is 0 Å². The summed E-state index contributed by atoms with van der Waals surface area (Å²) in [4.78, 5) is 8.51. The minimum Gasteiger partial charge on any atom is -0.340 e. The third-order valence-electron chi connectivity index (χ3n) is 6.15. The van der Waals surface area contributed by atoms with Crippen molar-refractivity contribution in [3.05, 3.63) is 84.6 Å². The number of aromatic amines is 1. The Morgan fingerprint density at radius 2 is 1.63 bits per heavy atom. The molecule has 3 aromatic carbocycles. The molecule has 0 bridgehead atoms. The number of H-pyrrole nitrogens is 1. The molecule has 6 aromatic rings. The number of rotatable bonds is 2. The van der Waals surface area contributed by atoms with Crippen LogP contribution in [0.2, 0.25) is 0 Å². The molecule has 0 fully saturated rings. The van der Waals surface area contributed by atoms with E-state index in [2.05, 4.69) is 104 Å². The molecule has 0 aliphatic heterocycles. The maximum absolute atomic E-state index is 4.85. The van der Waals surface area contributed by atoms with Crippen LogP contribution in [0.15, 0.2) is 79.0 Å². The summed E-state index contributed by atoms with van der Waals surface area (Å²) in [6.45, 7) is 4.51. The summed E-state index contributed by atoms with van der Waals surface area (Å²) in [5.74, 6) is 0.964. The fraction of sp³-hybridized carbons (Fsp3) is 0.115. The summed E-state index contributed by atoms with van der Waals surface area (Å²) in [5.41, 5.74) is 4.75. The third kappa shape index (κ3) is 2.37. The van der Waals surface area contributed by atoms with Crippen molar-refractivity contribution in [2.24, 2.45) is 0 Å². The molecule has 0 aliphatic carbocycles. The highest BCUT2D eigenvalue weighted by atomic mass is 15.1. The van der Waals surface area contributed by atoms with Crippen LogP contribution >= 0.6 is 0 Å². The van der Waals surface area contributed by atoms with Crippen molar-refractivity contribution in [2.45, 2.75) is 19.2 Å². The molecule has 0 amide bonds. The minimum absolute atomic E-state index is 0.113. The fourth-order valence-corrected chi connectivity index (χ4v) is 4.60. The molecule has 0 unspecified atom stereocenters. The molecule has 6 rings (SSSR count). The van der Waals surface area contributed by atoms with Crippen LogP contribution in [-0.4, -0.2) is 22.4 Å². The van der Waals surface area contributed by atoms with E-state index in [0.717, 1.165) is 22.4 Å². The highest BCUT2D eigenvalue weighted by molar-refractivity contribution is 6.21. The first-order valence-corrected chi connectivity index (χ1v) is 10.4. The molecule has 0 saturated heterocycles. The van der Waals surface area contributed by atoms with Gasteiger partial charge in [0.25, 0.3) is 0 Å². The van der Waals surface area contributed by atoms with Gasteiger partial charge in [0, 0.05) is 33.3 Å². The molecule has 0 aliphatic rings. The summed E-state index contributed by atoms with van der Waals surface area (Å²) in [5, 5.41) is 6.24. The van der Waals surface area contributed by atoms with Crippen molar-refractivity contribution in [1.29, 1.82) is 0 Å². The lowest BCUT2D eigenvalue weighted by Gasteiger charge is -2.20. The number of hydrogen-bond donors (Lipinski definition) is 1. The molecule has 3 aromatic heterocycles. The molecule has 3 heterocycles. The lowest BCUT2D eigenvalue weighted by atomic mass is 9.67. The number of aromatic nitrogens is 3. The standard InChI is InChI=1S/C26H22BN3/c1-26(2,27)17-11-12-18-16(15-17)13-14-28-24(18)30-22-10-6-4-8-20(22)23-19-7-3-5-9-21(19)29-25(23)30/h3-15,29H,27H2,1-2H3. The average Bonchev–Trinajstić information content (AvgIpc) is 3.27. The maximum atomic E-state index is 4.85. The number of fused-ring (bicyclic) bond motifs is 6. The second-order valence-corrected chi connectivity index (χ2v) is 9.07. The van der Waals surface area contributed by atoms with Crippen molar-refractivity contribution in [3.63, 3.8) is 0 Å². The SMILES string of the molecule is BC(C)(C)c1ccc2c(-n3c4ccccc4c4c5ccccc5[nH]c43)nccc2c1. The van der Waals surface area contributed by atoms with Crippen molar-refractivity contribution in [1.82, 2.24) is 14.5 Å².